The average Bonchev–Trinajstić information content (AvgIpc) is 3.43. The van der Waals surface area contributed by atoms with Crippen LogP contribution in [0.3, 0.4) is 0 Å². The Balaban J connectivity index is 1.41. The summed E-state index contributed by atoms with van der Waals surface area (Å²) in [6.07, 6.45) is 5.99. The van der Waals surface area contributed by atoms with E-state index in [2.05, 4.69) is 90.7 Å². The second-order valence-corrected chi connectivity index (χ2v) is 10.0. The zero-order valence-corrected chi connectivity index (χ0v) is 20.9. The molecule has 0 aliphatic carbocycles. The van der Waals surface area contributed by atoms with E-state index in [1.54, 1.807) is 0 Å². The van der Waals surface area contributed by atoms with Crippen molar-refractivity contribution >= 4 is 5.69 Å². The third-order valence-corrected chi connectivity index (χ3v) is 6.59. The van der Waals surface area contributed by atoms with Gasteiger partial charge in [-0.15, -0.1) is 0 Å². The highest BCUT2D eigenvalue weighted by Crippen LogP contribution is 2.34. The van der Waals surface area contributed by atoms with Gasteiger partial charge in [-0.25, -0.2) is 4.98 Å². The summed E-state index contributed by atoms with van der Waals surface area (Å²) < 4.78 is 4.41. The fourth-order valence-corrected chi connectivity index (χ4v) is 4.91. The van der Waals surface area contributed by atoms with Gasteiger partial charge in [0.15, 0.2) is 0 Å². The number of hydrogen-bond donors (Lipinski definition) is 0. The highest BCUT2D eigenvalue weighted by Gasteiger charge is 2.25. The monoisotopic (exact) mass is 454 g/mol. The van der Waals surface area contributed by atoms with E-state index in [9.17, 15) is 0 Å². The number of hydrogen-bond acceptors (Lipinski definition) is 4. The summed E-state index contributed by atoms with van der Waals surface area (Å²) in [5, 5.41) is 4.52. The third kappa shape index (κ3) is 4.25. The van der Waals surface area contributed by atoms with E-state index < -0.39 is 0 Å². The lowest BCUT2D eigenvalue weighted by atomic mass is 10.00. The molecular formula is C28H34N6. The second kappa shape index (κ2) is 9.09. The van der Waals surface area contributed by atoms with Gasteiger partial charge in [0.05, 0.1) is 29.8 Å². The smallest absolute Gasteiger partial charge is 0.106 e. The van der Waals surface area contributed by atoms with Crippen LogP contribution in [-0.2, 0) is 19.6 Å². The third-order valence-electron chi connectivity index (χ3n) is 6.59. The number of pyridine rings is 1. The van der Waals surface area contributed by atoms with Crippen molar-refractivity contribution in [3.8, 4) is 22.4 Å². The van der Waals surface area contributed by atoms with Gasteiger partial charge in [0.2, 0.25) is 0 Å². The zero-order chi connectivity index (χ0) is 23.8. The first kappa shape index (κ1) is 22.4. The number of aromatic nitrogens is 5. The van der Waals surface area contributed by atoms with Crippen molar-refractivity contribution in [1.82, 2.24) is 24.3 Å². The Morgan fingerprint density at radius 1 is 0.971 bits per heavy atom. The number of fused-ring (bicyclic) bond motifs is 1. The maximum atomic E-state index is 5.00. The van der Waals surface area contributed by atoms with Crippen LogP contribution in [0.1, 0.15) is 50.8 Å². The van der Waals surface area contributed by atoms with Crippen molar-refractivity contribution in [2.75, 3.05) is 11.4 Å². The molecule has 0 radical (unpaired) electrons. The molecule has 0 atom stereocenters. The fraction of sp³-hybridized carbons (Fsp3) is 0.393. The maximum absolute atomic E-state index is 5.00. The molecular weight excluding hydrogens is 420 g/mol. The highest BCUT2D eigenvalue weighted by atomic mass is 15.3. The van der Waals surface area contributed by atoms with E-state index in [4.69, 9.17) is 4.98 Å². The standard InChI is InChI=1S/C28H34N6/c1-19(2)16-33-17-23(15-30-33)22-8-10-24(11-9-22)32-13-14-34-21(5)31-28(26(34)18-32)25-7-6-12-29-27(25)20(3)4/h6-12,15,17,19-20H,13-14,16,18H2,1-5H3. The predicted molar refractivity (Wildman–Crippen MR) is 138 cm³/mol. The van der Waals surface area contributed by atoms with Gasteiger partial charge in [0.25, 0.3) is 0 Å². The molecule has 0 spiro atoms. The summed E-state index contributed by atoms with van der Waals surface area (Å²) in [6.45, 7) is 14.6. The zero-order valence-electron chi connectivity index (χ0n) is 20.9. The molecule has 5 rings (SSSR count). The van der Waals surface area contributed by atoms with Gasteiger partial charge in [-0.1, -0.05) is 39.8 Å². The summed E-state index contributed by atoms with van der Waals surface area (Å²) in [4.78, 5) is 12.1. The van der Waals surface area contributed by atoms with Crippen LogP contribution in [0.2, 0.25) is 0 Å². The van der Waals surface area contributed by atoms with E-state index in [1.807, 2.05) is 23.1 Å². The van der Waals surface area contributed by atoms with E-state index >= 15 is 0 Å². The topological polar surface area (TPSA) is 51.8 Å². The van der Waals surface area contributed by atoms with Crippen molar-refractivity contribution in [1.29, 1.82) is 0 Å². The van der Waals surface area contributed by atoms with Crippen LogP contribution in [-0.4, -0.2) is 30.9 Å². The minimum absolute atomic E-state index is 0.353. The number of rotatable bonds is 6. The van der Waals surface area contributed by atoms with Crippen LogP contribution >= 0.6 is 0 Å². The fourth-order valence-electron chi connectivity index (χ4n) is 4.91. The molecule has 0 bridgehead atoms. The summed E-state index contributed by atoms with van der Waals surface area (Å²) in [6, 6.07) is 13.1. The molecule has 4 aromatic rings. The van der Waals surface area contributed by atoms with Crippen LogP contribution in [0, 0.1) is 12.8 Å². The quantitative estimate of drug-likeness (QED) is 0.363. The minimum Gasteiger partial charge on any atom is -0.364 e. The Morgan fingerprint density at radius 2 is 1.76 bits per heavy atom. The molecule has 4 heterocycles. The summed E-state index contributed by atoms with van der Waals surface area (Å²) in [5.74, 6) is 2.02. The molecule has 0 amide bonds. The van der Waals surface area contributed by atoms with Crippen molar-refractivity contribution < 1.29 is 0 Å². The van der Waals surface area contributed by atoms with Gasteiger partial charge in [-0.3, -0.25) is 9.67 Å². The minimum atomic E-state index is 0.353. The molecule has 1 aliphatic rings. The van der Waals surface area contributed by atoms with E-state index in [0.717, 1.165) is 49.0 Å². The normalized spacial score (nSPS) is 13.7. The molecule has 0 N–H and O–H groups in total. The van der Waals surface area contributed by atoms with E-state index in [-0.39, 0.29) is 0 Å². The first-order valence-corrected chi connectivity index (χ1v) is 12.3. The number of benzene rings is 1. The highest BCUT2D eigenvalue weighted by molar-refractivity contribution is 5.68. The van der Waals surface area contributed by atoms with Gasteiger partial charge in [0.1, 0.15) is 5.82 Å². The number of imidazole rings is 1. The molecule has 0 saturated heterocycles. The largest absolute Gasteiger partial charge is 0.364 e. The molecule has 6 heteroatoms. The first-order valence-electron chi connectivity index (χ1n) is 12.3. The van der Waals surface area contributed by atoms with Crippen LogP contribution in [0.4, 0.5) is 5.69 Å². The van der Waals surface area contributed by atoms with Crippen molar-refractivity contribution in [2.24, 2.45) is 5.92 Å². The van der Waals surface area contributed by atoms with Crippen LogP contribution in [0.25, 0.3) is 22.4 Å². The van der Waals surface area contributed by atoms with Crippen molar-refractivity contribution in [3.05, 3.63) is 72.2 Å². The number of anilines is 1. The molecule has 0 saturated carbocycles. The van der Waals surface area contributed by atoms with Gasteiger partial charge in [-0.2, -0.15) is 5.10 Å². The molecule has 0 fully saturated rings. The Morgan fingerprint density at radius 3 is 2.50 bits per heavy atom. The van der Waals surface area contributed by atoms with Gasteiger partial charge < -0.3 is 9.47 Å². The predicted octanol–water partition coefficient (Wildman–Crippen LogP) is 5.92. The molecule has 34 heavy (non-hydrogen) atoms. The lowest BCUT2D eigenvalue weighted by Crippen LogP contribution is -2.34. The molecule has 0 unspecified atom stereocenters. The Kier molecular flexibility index (Phi) is 5.98. The molecule has 176 valence electrons. The van der Waals surface area contributed by atoms with Gasteiger partial charge >= 0.3 is 0 Å². The molecule has 1 aliphatic heterocycles. The lowest BCUT2D eigenvalue weighted by Gasteiger charge is -2.31. The van der Waals surface area contributed by atoms with Crippen molar-refractivity contribution in [3.63, 3.8) is 0 Å². The Bertz CT molecular complexity index is 1280. The summed E-state index contributed by atoms with van der Waals surface area (Å²) in [7, 11) is 0. The maximum Gasteiger partial charge on any atom is 0.106 e. The van der Waals surface area contributed by atoms with Gasteiger partial charge in [0, 0.05) is 48.8 Å². The Labute approximate surface area is 202 Å². The van der Waals surface area contributed by atoms with Crippen molar-refractivity contribution in [2.45, 2.75) is 60.2 Å². The lowest BCUT2D eigenvalue weighted by molar-refractivity contribution is 0.483. The Hall–Kier alpha value is -3.41. The average molecular weight is 455 g/mol. The van der Waals surface area contributed by atoms with Gasteiger partial charge in [-0.05, 0) is 48.6 Å². The SMILES string of the molecule is Cc1nc(-c2cccnc2C(C)C)c2n1CCN(c1ccc(-c3cnn(CC(C)C)c3)cc1)C2. The molecule has 3 aromatic heterocycles. The number of aryl methyl sites for hydroxylation is 1. The molecule has 1 aromatic carbocycles. The molecule has 6 nitrogen and oxygen atoms in total. The second-order valence-electron chi connectivity index (χ2n) is 10.0. The van der Waals surface area contributed by atoms with Crippen LogP contribution < -0.4 is 4.90 Å². The summed E-state index contributed by atoms with van der Waals surface area (Å²) >= 11 is 0. The number of nitrogens with zero attached hydrogens (tertiary/aromatic N) is 6. The van der Waals surface area contributed by atoms with Crippen LogP contribution in [0.15, 0.2) is 55.0 Å². The van der Waals surface area contributed by atoms with E-state index in [0.29, 0.717) is 11.8 Å². The summed E-state index contributed by atoms with van der Waals surface area (Å²) in [5.41, 5.74) is 8.23. The van der Waals surface area contributed by atoms with E-state index in [1.165, 1.54) is 22.5 Å². The first-order chi connectivity index (χ1) is 16.4. The van der Waals surface area contributed by atoms with Crippen LogP contribution in [0.5, 0.6) is 0 Å².